The molecule has 0 atom stereocenters. The molecule has 0 heterocycles. The Morgan fingerprint density at radius 3 is 2.80 bits per heavy atom. The Labute approximate surface area is 122 Å². The summed E-state index contributed by atoms with van der Waals surface area (Å²) >= 11 is 1.43. The quantitative estimate of drug-likeness (QED) is 0.320. The van der Waals surface area contributed by atoms with Crippen LogP contribution in [-0.2, 0) is 6.42 Å². The van der Waals surface area contributed by atoms with Gasteiger partial charge in [-0.25, -0.2) is 4.99 Å². The molecule has 3 nitrogen and oxygen atoms in total. The van der Waals surface area contributed by atoms with E-state index in [2.05, 4.69) is 46.7 Å². The van der Waals surface area contributed by atoms with Crippen molar-refractivity contribution < 1.29 is 0 Å². The highest BCUT2D eigenvalue weighted by molar-refractivity contribution is 8.13. The van der Waals surface area contributed by atoms with E-state index < -0.39 is 0 Å². The number of rotatable bonds is 1. The highest BCUT2D eigenvalue weighted by Crippen LogP contribution is 2.38. The first-order valence-electron chi connectivity index (χ1n) is 6.31. The maximum absolute atomic E-state index is 8.66. The summed E-state index contributed by atoms with van der Waals surface area (Å²) in [5.74, 6) is 0. The first kappa shape index (κ1) is 12.8. The zero-order valence-electron chi connectivity index (χ0n) is 11.1. The van der Waals surface area contributed by atoms with E-state index in [9.17, 15) is 0 Å². The van der Waals surface area contributed by atoms with Crippen molar-refractivity contribution in [3.63, 3.8) is 0 Å². The van der Waals surface area contributed by atoms with E-state index in [1.165, 1.54) is 34.0 Å². The molecule has 0 aromatic heterocycles. The maximum atomic E-state index is 8.66. The molecule has 1 aliphatic carbocycles. The average Bonchev–Trinajstić information content (AvgIpc) is 2.84. The van der Waals surface area contributed by atoms with Crippen molar-refractivity contribution in [3.05, 3.63) is 53.6 Å². The van der Waals surface area contributed by atoms with E-state index in [0.717, 1.165) is 12.1 Å². The summed E-state index contributed by atoms with van der Waals surface area (Å²) in [7, 11) is 0. The van der Waals surface area contributed by atoms with Crippen LogP contribution in [0.3, 0.4) is 0 Å². The molecule has 0 saturated heterocycles. The van der Waals surface area contributed by atoms with Gasteiger partial charge < -0.3 is 0 Å². The Kier molecular flexibility index (Phi) is 3.44. The van der Waals surface area contributed by atoms with Gasteiger partial charge in [-0.05, 0) is 47.1 Å². The van der Waals surface area contributed by atoms with Gasteiger partial charge in [-0.15, -0.1) is 0 Å². The van der Waals surface area contributed by atoms with Crippen LogP contribution in [0.4, 0.5) is 5.69 Å². The van der Waals surface area contributed by atoms with Crippen molar-refractivity contribution in [2.24, 2.45) is 4.99 Å². The third-order valence-corrected chi connectivity index (χ3v) is 3.94. The zero-order valence-corrected chi connectivity index (χ0v) is 11.9. The lowest BCUT2D eigenvalue weighted by Crippen LogP contribution is -2.12. The Bertz CT molecular complexity index is 729. The number of amidine groups is 1. The fourth-order valence-electron chi connectivity index (χ4n) is 2.49. The van der Waals surface area contributed by atoms with Crippen LogP contribution < -0.4 is 5.32 Å². The van der Waals surface area contributed by atoms with Gasteiger partial charge in [0.2, 0.25) is 0 Å². The highest BCUT2D eigenvalue weighted by atomic mass is 32.2. The topological polar surface area (TPSA) is 48.2 Å². The Morgan fingerprint density at radius 1 is 1.20 bits per heavy atom. The lowest BCUT2D eigenvalue weighted by molar-refractivity contribution is 1.25. The number of hydrogen-bond donors (Lipinski definition) is 1. The van der Waals surface area contributed by atoms with Crippen molar-refractivity contribution in [1.29, 1.82) is 5.26 Å². The van der Waals surface area contributed by atoms with E-state index in [0.29, 0.717) is 5.17 Å². The third-order valence-electron chi connectivity index (χ3n) is 3.36. The minimum Gasteiger partial charge on any atom is -0.271 e. The molecular weight excluding hydrogens is 266 g/mol. The van der Waals surface area contributed by atoms with Gasteiger partial charge in [0.15, 0.2) is 11.4 Å². The van der Waals surface area contributed by atoms with Crippen molar-refractivity contribution >= 4 is 22.6 Å². The Morgan fingerprint density at radius 2 is 2.00 bits per heavy atom. The predicted octanol–water partition coefficient (Wildman–Crippen LogP) is 3.68. The van der Waals surface area contributed by atoms with E-state index >= 15 is 0 Å². The van der Waals surface area contributed by atoms with Crippen molar-refractivity contribution in [1.82, 2.24) is 5.32 Å². The molecular formula is C16H13N3S. The molecule has 0 spiro atoms. The summed E-state index contributed by atoms with van der Waals surface area (Å²) < 4.78 is 0. The molecule has 0 saturated carbocycles. The average molecular weight is 279 g/mol. The number of thioether (sulfide) groups is 1. The van der Waals surface area contributed by atoms with Gasteiger partial charge in [-0.3, -0.25) is 5.32 Å². The monoisotopic (exact) mass is 279 g/mol. The fraction of sp³-hybridized carbons (Fsp3) is 0.125. The molecule has 0 amide bonds. The molecule has 4 heteroatoms. The molecule has 0 unspecified atom stereocenters. The predicted molar refractivity (Wildman–Crippen MR) is 84.0 cm³/mol. The Balaban J connectivity index is 1.97. The smallest absolute Gasteiger partial charge is 0.183 e. The molecule has 0 fully saturated rings. The second kappa shape index (κ2) is 5.40. The minimum absolute atomic E-state index is 0.614. The van der Waals surface area contributed by atoms with Gasteiger partial charge in [0, 0.05) is 0 Å². The van der Waals surface area contributed by atoms with Gasteiger partial charge in [-0.2, -0.15) is 5.26 Å². The SMILES string of the molecule is CSC(=Nc1ccc2c(c1)Cc1ccccc1-2)NC#N. The molecule has 3 rings (SSSR count). The number of nitrogens with zero attached hydrogens (tertiary/aromatic N) is 2. The van der Waals surface area contributed by atoms with E-state index in [1.807, 2.05) is 18.5 Å². The Hall–Kier alpha value is -2.25. The number of benzene rings is 2. The molecule has 0 radical (unpaired) electrons. The first-order chi connectivity index (χ1) is 9.81. The molecule has 98 valence electrons. The fourth-order valence-corrected chi connectivity index (χ4v) is 2.84. The third kappa shape index (κ3) is 2.28. The number of fused-ring (bicyclic) bond motifs is 3. The van der Waals surface area contributed by atoms with Crippen LogP contribution in [0.25, 0.3) is 11.1 Å². The molecule has 0 bridgehead atoms. The van der Waals surface area contributed by atoms with Crippen LogP contribution >= 0.6 is 11.8 Å². The van der Waals surface area contributed by atoms with Gasteiger partial charge in [0.05, 0.1) is 5.69 Å². The summed E-state index contributed by atoms with van der Waals surface area (Å²) in [4.78, 5) is 4.45. The maximum Gasteiger partial charge on any atom is 0.183 e. The molecule has 20 heavy (non-hydrogen) atoms. The van der Waals surface area contributed by atoms with Gasteiger partial charge in [-0.1, -0.05) is 42.1 Å². The lowest BCUT2D eigenvalue weighted by atomic mass is 10.1. The second-order valence-electron chi connectivity index (χ2n) is 4.53. The molecule has 2 aromatic rings. The number of hydrogen-bond acceptors (Lipinski definition) is 3. The molecule has 2 aromatic carbocycles. The summed E-state index contributed by atoms with van der Waals surface area (Å²) in [6.45, 7) is 0. The summed E-state index contributed by atoms with van der Waals surface area (Å²) in [5.41, 5.74) is 6.15. The molecule has 1 N–H and O–H groups in total. The highest BCUT2D eigenvalue weighted by Gasteiger charge is 2.17. The summed E-state index contributed by atoms with van der Waals surface area (Å²) in [5, 5.41) is 11.9. The van der Waals surface area contributed by atoms with Crippen molar-refractivity contribution in [3.8, 4) is 17.3 Å². The van der Waals surface area contributed by atoms with Gasteiger partial charge in [0.25, 0.3) is 0 Å². The van der Waals surface area contributed by atoms with Gasteiger partial charge >= 0.3 is 0 Å². The standard InChI is InChI=1S/C16H13N3S/c1-20-16(18-10-17)19-13-6-7-15-12(9-13)8-11-4-2-3-5-14(11)15/h2-7,9H,8H2,1H3,(H,18,19). The van der Waals surface area contributed by atoms with Crippen LogP contribution in [0.1, 0.15) is 11.1 Å². The summed E-state index contributed by atoms with van der Waals surface area (Å²) in [6, 6.07) is 14.7. The molecule has 1 aliphatic rings. The van der Waals surface area contributed by atoms with Crippen molar-refractivity contribution in [2.75, 3.05) is 6.26 Å². The van der Waals surface area contributed by atoms with Crippen LogP contribution in [0.15, 0.2) is 47.5 Å². The van der Waals surface area contributed by atoms with E-state index in [-0.39, 0.29) is 0 Å². The lowest BCUT2D eigenvalue weighted by Gasteiger charge is -2.03. The normalized spacial score (nSPS) is 12.5. The van der Waals surface area contributed by atoms with Crippen LogP contribution in [-0.4, -0.2) is 11.4 Å². The minimum atomic E-state index is 0.614. The van der Waals surface area contributed by atoms with Crippen LogP contribution in [0.2, 0.25) is 0 Å². The number of nitriles is 1. The molecule has 0 aliphatic heterocycles. The van der Waals surface area contributed by atoms with E-state index in [4.69, 9.17) is 5.26 Å². The number of aliphatic imine (C=N–C) groups is 1. The summed E-state index contributed by atoms with van der Waals surface area (Å²) in [6.07, 6.45) is 4.75. The number of nitrogens with one attached hydrogen (secondary N) is 1. The van der Waals surface area contributed by atoms with E-state index in [1.54, 1.807) is 0 Å². The second-order valence-corrected chi connectivity index (χ2v) is 5.33. The first-order valence-corrected chi connectivity index (χ1v) is 7.53. The van der Waals surface area contributed by atoms with Crippen molar-refractivity contribution in [2.45, 2.75) is 6.42 Å². The van der Waals surface area contributed by atoms with Crippen LogP contribution in [0.5, 0.6) is 0 Å². The van der Waals surface area contributed by atoms with Crippen LogP contribution in [0, 0.1) is 11.5 Å². The largest absolute Gasteiger partial charge is 0.271 e. The zero-order chi connectivity index (χ0) is 13.9. The van der Waals surface area contributed by atoms with Gasteiger partial charge in [0.1, 0.15) is 0 Å².